The van der Waals surface area contributed by atoms with E-state index in [1.165, 1.54) is 4.52 Å². The Bertz CT molecular complexity index is 986. The molecule has 0 saturated carbocycles. The van der Waals surface area contributed by atoms with Crippen LogP contribution in [0.3, 0.4) is 0 Å². The minimum atomic E-state index is -0.318. The summed E-state index contributed by atoms with van der Waals surface area (Å²) in [5, 5.41) is 3.08. The summed E-state index contributed by atoms with van der Waals surface area (Å²) >= 11 is 0. The number of carbonyl (C=O) groups is 1. The fraction of sp³-hybridized carbons (Fsp3) is 0.316. The van der Waals surface area contributed by atoms with Gasteiger partial charge in [-0.05, 0) is 50.1 Å². The van der Waals surface area contributed by atoms with Crippen LogP contribution in [0, 0.1) is 6.92 Å². The van der Waals surface area contributed by atoms with Crippen LogP contribution >= 0.6 is 0 Å². The van der Waals surface area contributed by atoms with Crippen molar-refractivity contribution in [2.24, 2.45) is 0 Å². The van der Waals surface area contributed by atoms with Crippen molar-refractivity contribution >= 4 is 11.6 Å². The molecular weight excluding hydrogens is 334 g/mol. The van der Waals surface area contributed by atoms with Gasteiger partial charge in [-0.25, -0.2) is 9.50 Å². The number of ether oxygens (including phenoxy) is 2. The molecule has 0 bridgehead atoms. The Balaban J connectivity index is 1.95. The van der Waals surface area contributed by atoms with E-state index >= 15 is 0 Å². The van der Waals surface area contributed by atoms with E-state index < -0.39 is 0 Å². The molecule has 0 unspecified atom stereocenters. The minimum absolute atomic E-state index is 0.156. The number of fused-ring (bicyclic) bond motifs is 1. The summed E-state index contributed by atoms with van der Waals surface area (Å²) in [6.07, 6.45) is 0.458. The second kappa shape index (κ2) is 7.43. The SMILES string of the molecule is CCOC(=O)CCc1c(C)nc2cc(-c3ccc(OC)cc3)[nH]n2c1=O. The molecule has 7 nitrogen and oxygen atoms in total. The van der Waals surface area contributed by atoms with Crippen LogP contribution in [0.15, 0.2) is 35.1 Å². The van der Waals surface area contributed by atoms with E-state index in [1.807, 2.05) is 30.3 Å². The van der Waals surface area contributed by atoms with Crippen LogP contribution in [0.5, 0.6) is 5.75 Å². The van der Waals surface area contributed by atoms with Gasteiger partial charge in [-0.15, -0.1) is 0 Å². The summed E-state index contributed by atoms with van der Waals surface area (Å²) < 4.78 is 11.5. The first kappa shape index (κ1) is 17.7. The van der Waals surface area contributed by atoms with Crippen LogP contribution in [0.25, 0.3) is 16.9 Å². The second-order valence-corrected chi connectivity index (χ2v) is 5.88. The molecule has 0 aliphatic heterocycles. The standard InChI is InChI=1S/C19H21N3O4/c1-4-26-18(23)10-9-15-12(2)20-17-11-16(21-22(17)19(15)24)13-5-7-14(25-3)8-6-13/h5-8,11,21H,4,9-10H2,1-3H3. The van der Waals surface area contributed by atoms with Gasteiger partial charge in [-0.2, -0.15) is 0 Å². The summed E-state index contributed by atoms with van der Waals surface area (Å²) in [6, 6.07) is 9.34. The van der Waals surface area contributed by atoms with E-state index in [-0.39, 0.29) is 17.9 Å². The Morgan fingerprint density at radius 3 is 2.65 bits per heavy atom. The number of benzene rings is 1. The maximum atomic E-state index is 12.8. The van der Waals surface area contributed by atoms with Crippen LogP contribution in [-0.2, 0) is 16.0 Å². The first-order valence-electron chi connectivity index (χ1n) is 8.44. The van der Waals surface area contributed by atoms with Crippen LogP contribution in [-0.4, -0.2) is 34.3 Å². The van der Waals surface area contributed by atoms with Crippen molar-refractivity contribution in [1.29, 1.82) is 0 Å². The molecule has 0 fully saturated rings. The molecule has 0 saturated heterocycles. The van der Waals surface area contributed by atoms with Crippen LogP contribution in [0.1, 0.15) is 24.6 Å². The molecule has 0 radical (unpaired) electrons. The number of aromatic amines is 1. The zero-order valence-electron chi connectivity index (χ0n) is 15.0. The molecule has 0 aliphatic carbocycles. The zero-order chi connectivity index (χ0) is 18.7. The highest BCUT2D eigenvalue weighted by molar-refractivity contribution is 5.69. The highest BCUT2D eigenvalue weighted by Crippen LogP contribution is 2.22. The van der Waals surface area contributed by atoms with Crippen molar-refractivity contribution in [3.8, 4) is 17.0 Å². The number of H-pyrrole nitrogens is 1. The molecule has 2 aromatic heterocycles. The van der Waals surface area contributed by atoms with E-state index in [0.29, 0.717) is 29.9 Å². The van der Waals surface area contributed by atoms with Crippen molar-refractivity contribution in [3.63, 3.8) is 0 Å². The van der Waals surface area contributed by atoms with Crippen LogP contribution in [0.2, 0.25) is 0 Å². The first-order chi connectivity index (χ1) is 12.5. The lowest BCUT2D eigenvalue weighted by Crippen LogP contribution is -2.22. The molecule has 1 aromatic carbocycles. The van der Waals surface area contributed by atoms with Gasteiger partial charge in [0.1, 0.15) is 5.75 Å². The first-order valence-corrected chi connectivity index (χ1v) is 8.44. The average Bonchev–Trinajstić information content (AvgIpc) is 3.06. The molecule has 2 heterocycles. The molecule has 3 rings (SSSR count). The molecule has 0 spiro atoms. The number of hydrogen-bond donors (Lipinski definition) is 1. The lowest BCUT2D eigenvalue weighted by atomic mass is 10.1. The lowest BCUT2D eigenvalue weighted by Gasteiger charge is -2.05. The maximum Gasteiger partial charge on any atom is 0.306 e. The number of aryl methyl sites for hydroxylation is 1. The van der Waals surface area contributed by atoms with E-state index in [9.17, 15) is 9.59 Å². The molecule has 136 valence electrons. The van der Waals surface area contributed by atoms with Crippen LogP contribution < -0.4 is 10.3 Å². The Labute approximate surface area is 150 Å². The number of nitrogens with one attached hydrogen (secondary N) is 1. The third-order valence-corrected chi connectivity index (χ3v) is 4.20. The summed E-state index contributed by atoms with van der Waals surface area (Å²) in [6.45, 7) is 3.86. The summed E-state index contributed by atoms with van der Waals surface area (Å²) in [7, 11) is 1.61. The van der Waals surface area contributed by atoms with Gasteiger partial charge in [0.25, 0.3) is 5.56 Å². The quantitative estimate of drug-likeness (QED) is 0.687. The van der Waals surface area contributed by atoms with Gasteiger partial charge < -0.3 is 9.47 Å². The third kappa shape index (κ3) is 3.46. The Kier molecular flexibility index (Phi) is 5.06. The number of carbonyl (C=O) groups excluding carboxylic acids is 1. The zero-order valence-corrected chi connectivity index (χ0v) is 15.0. The van der Waals surface area contributed by atoms with Gasteiger partial charge in [0.15, 0.2) is 5.65 Å². The fourth-order valence-electron chi connectivity index (χ4n) is 2.84. The van der Waals surface area contributed by atoms with E-state index in [4.69, 9.17) is 9.47 Å². The average molecular weight is 355 g/mol. The van der Waals surface area contributed by atoms with Crippen molar-refractivity contribution < 1.29 is 14.3 Å². The van der Waals surface area contributed by atoms with Gasteiger partial charge >= 0.3 is 5.97 Å². The third-order valence-electron chi connectivity index (χ3n) is 4.20. The number of hydrogen-bond acceptors (Lipinski definition) is 5. The normalized spacial score (nSPS) is 10.9. The molecule has 26 heavy (non-hydrogen) atoms. The predicted octanol–water partition coefficient (Wildman–Crippen LogP) is 2.50. The largest absolute Gasteiger partial charge is 0.497 e. The molecule has 3 aromatic rings. The van der Waals surface area contributed by atoms with E-state index in [2.05, 4.69) is 10.1 Å². The Hall–Kier alpha value is -3.09. The Morgan fingerprint density at radius 2 is 2.00 bits per heavy atom. The molecule has 0 amide bonds. The molecule has 1 N–H and O–H groups in total. The van der Waals surface area contributed by atoms with Crippen LogP contribution in [0.4, 0.5) is 0 Å². The predicted molar refractivity (Wildman–Crippen MR) is 97.5 cm³/mol. The molecule has 0 aliphatic rings. The van der Waals surface area contributed by atoms with Crippen molar-refractivity contribution in [2.45, 2.75) is 26.7 Å². The molecular formula is C19H21N3O4. The molecule has 0 atom stereocenters. The van der Waals surface area contributed by atoms with Crippen molar-refractivity contribution in [1.82, 2.24) is 14.6 Å². The smallest absolute Gasteiger partial charge is 0.306 e. The van der Waals surface area contributed by atoms with Gasteiger partial charge in [0, 0.05) is 23.7 Å². The van der Waals surface area contributed by atoms with E-state index in [1.54, 1.807) is 21.0 Å². The van der Waals surface area contributed by atoms with E-state index in [0.717, 1.165) is 17.0 Å². The van der Waals surface area contributed by atoms with Crippen molar-refractivity contribution in [3.05, 3.63) is 51.9 Å². The van der Waals surface area contributed by atoms with Gasteiger partial charge in [-0.3, -0.25) is 14.7 Å². The summed E-state index contributed by atoms with van der Waals surface area (Å²) in [5.74, 6) is 0.444. The highest BCUT2D eigenvalue weighted by Gasteiger charge is 2.14. The number of esters is 1. The lowest BCUT2D eigenvalue weighted by molar-refractivity contribution is -0.143. The minimum Gasteiger partial charge on any atom is -0.497 e. The number of aromatic nitrogens is 3. The molecule has 7 heteroatoms. The maximum absolute atomic E-state index is 12.8. The van der Waals surface area contributed by atoms with Gasteiger partial charge in [-0.1, -0.05) is 0 Å². The summed E-state index contributed by atoms with van der Waals surface area (Å²) in [4.78, 5) is 28.9. The topological polar surface area (TPSA) is 85.7 Å². The summed E-state index contributed by atoms with van der Waals surface area (Å²) in [5.41, 5.74) is 3.17. The highest BCUT2D eigenvalue weighted by atomic mass is 16.5. The number of nitrogens with zero attached hydrogens (tertiary/aromatic N) is 2. The van der Waals surface area contributed by atoms with Gasteiger partial charge in [0.05, 0.1) is 19.4 Å². The van der Waals surface area contributed by atoms with Crippen molar-refractivity contribution in [2.75, 3.05) is 13.7 Å². The Morgan fingerprint density at radius 1 is 1.27 bits per heavy atom. The van der Waals surface area contributed by atoms with Gasteiger partial charge in [0.2, 0.25) is 0 Å². The monoisotopic (exact) mass is 355 g/mol. The fourth-order valence-corrected chi connectivity index (χ4v) is 2.84. The second-order valence-electron chi connectivity index (χ2n) is 5.88. The number of rotatable bonds is 6. The number of methoxy groups -OCH3 is 1.